The van der Waals surface area contributed by atoms with Crippen LogP contribution in [0.4, 0.5) is 4.79 Å². The van der Waals surface area contributed by atoms with Crippen LogP contribution in [0.3, 0.4) is 0 Å². The largest absolute Gasteiger partial charge is 0.354 e. The smallest absolute Gasteiger partial charge is 0.320 e. The zero-order valence-electron chi connectivity index (χ0n) is 15.4. The number of amides is 4. The Morgan fingerprint density at radius 2 is 2.04 bits per heavy atom. The first-order valence-electron chi connectivity index (χ1n) is 9.35. The van der Waals surface area contributed by atoms with E-state index in [2.05, 4.69) is 28.7 Å². The molecule has 1 atom stereocenters. The normalized spacial score (nSPS) is 19.2. The van der Waals surface area contributed by atoms with Gasteiger partial charge in [-0.05, 0) is 42.3 Å². The standard InChI is InChI=1S/C19H26N4O3S/c1-2-17(24)20-7-8-21-18(25)15-4-3-9-22(13-15)19(26)23-10-5-16-14(12-23)6-11-27-16/h2,6,11,15H,1,3-5,7-10,12-13H2,(H,20,24)(H,21,25). The van der Waals surface area contributed by atoms with Gasteiger partial charge in [0.1, 0.15) is 0 Å². The fourth-order valence-corrected chi connectivity index (χ4v) is 4.45. The van der Waals surface area contributed by atoms with Gasteiger partial charge in [-0.3, -0.25) is 9.59 Å². The molecule has 27 heavy (non-hydrogen) atoms. The van der Waals surface area contributed by atoms with E-state index in [1.54, 1.807) is 11.3 Å². The van der Waals surface area contributed by atoms with Crippen molar-refractivity contribution in [2.24, 2.45) is 5.92 Å². The Bertz CT molecular complexity index is 718. The highest BCUT2D eigenvalue weighted by Gasteiger charge is 2.31. The first-order chi connectivity index (χ1) is 13.1. The Kier molecular flexibility index (Phi) is 6.49. The molecule has 1 fully saturated rings. The molecule has 1 saturated heterocycles. The number of carbonyl (C=O) groups is 3. The average Bonchev–Trinajstić information content (AvgIpc) is 3.18. The molecule has 2 N–H and O–H groups in total. The van der Waals surface area contributed by atoms with E-state index in [-0.39, 0.29) is 23.8 Å². The monoisotopic (exact) mass is 390 g/mol. The topological polar surface area (TPSA) is 81.8 Å². The molecule has 2 aliphatic rings. The first kappa shape index (κ1) is 19.4. The van der Waals surface area contributed by atoms with E-state index in [0.29, 0.717) is 32.7 Å². The third-order valence-electron chi connectivity index (χ3n) is 5.05. The van der Waals surface area contributed by atoms with Gasteiger partial charge in [0.2, 0.25) is 11.8 Å². The van der Waals surface area contributed by atoms with Crippen molar-refractivity contribution in [2.45, 2.75) is 25.8 Å². The number of nitrogens with one attached hydrogen (secondary N) is 2. The number of thiophene rings is 1. The van der Waals surface area contributed by atoms with Gasteiger partial charge in [0.05, 0.1) is 5.92 Å². The summed E-state index contributed by atoms with van der Waals surface area (Å²) in [4.78, 5) is 41.4. The summed E-state index contributed by atoms with van der Waals surface area (Å²) in [7, 11) is 0. The number of rotatable bonds is 5. The van der Waals surface area contributed by atoms with Gasteiger partial charge >= 0.3 is 6.03 Å². The van der Waals surface area contributed by atoms with E-state index < -0.39 is 0 Å². The van der Waals surface area contributed by atoms with E-state index in [1.165, 1.54) is 16.5 Å². The third-order valence-corrected chi connectivity index (χ3v) is 6.07. The average molecular weight is 391 g/mol. The van der Waals surface area contributed by atoms with Crippen molar-refractivity contribution in [1.29, 1.82) is 0 Å². The maximum atomic E-state index is 12.9. The second-order valence-corrected chi connectivity index (χ2v) is 7.90. The molecule has 0 aromatic carbocycles. The maximum absolute atomic E-state index is 12.9. The SMILES string of the molecule is C=CC(=O)NCCNC(=O)C1CCCN(C(=O)N2CCc3sccc3C2)C1. The molecule has 3 heterocycles. The second-order valence-electron chi connectivity index (χ2n) is 6.89. The van der Waals surface area contributed by atoms with Gasteiger partial charge in [-0.1, -0.05) is 6.58 Å². The number of likely N-dealkylation sites (tertiary alicyclic amines) is 1. The minimum absolute atomic E-state index is 0.0302. The van der Waals surface area contributed by atoms with Crippen LogP contribution in [0.5, 0.6) is 0 Å². The molecular formula is C19H26N4O3S. The zero-order valence-corrected chi connectivity index (χ0v) is 16.2. The molecule has 1 unspecified atom stereocenters. The highest BCUT2D eigenvalue weighted by Crippen LogP contribution is 2.26. The van der Waals surface area contributed by atoms with Crippen LogP contribution < -0.4 is 10.6 Å². The van der Waals surface area contributed by atoms with Gasteiger partial charge in [0.25, 0.3) is 0 Å². The van der Waals surface area contributed by atoms with Crippen molar-refractivity contribution in [3.05, 3.63) is 34.5 Å². The number of hydrogen-bond donors (Lipinski definition) is 2. The molecule has 146 valence electrons. The predicted molar refractivity (Wildman–Crippen MR) is 104 cm³/mol. The predicted octanol–water partition coefficient (Wildman–Crippen LogP) is 1.36. The highest BCUT2D eigenvalue weighted by molar-refractivity contribution is 7.10. The lowest BCUT2D eigenvalue weighted by Crippen LogP contribution is -2.51. The van der Waals surface area contributed by atoms with Crippen LogP contribution in [-0.4, -0.2) is 60.4 Å². The fourth-order valence-electron chi connectivity index (χ4n) is 3.56. The van der Waals surface area contributed by atoms with Gasteiger partial charge < -0.3 is 20.4 Å². The van der Waals surface area contributed by atoms with Crippen molar-refractivity contribution in [3.8, 4) is 0 Å². The lowest BCUT2D eigenvalue weighted by molar-refractivity contribution is -0.126. The molecule has 0 spiro atoms. The molecule has 0 radical (unpaired) electrons. The molecule has 8 heteroatoms. The van der Waals surface area contributed by atoms with Gasteiger partial charge in [0.15, 0.2) is 0 Å². The van der Waals surface area contributed by atoms with Crippen molar-refractivity contribution < 1.29 is 14.4 Å². The van der Waals surface area contributed by atoms with Crippen LogP contribution in [0.15, 0.2) is 24.1 Å². The summed E-state index contributed by atoms with van der Waals surface area (Å²) >= 11 is 1.76. The molecule has 3 rings (SSSR count). The number of carbonyl (C=O) groups excluding carboxylic acids is 3. The van der Waals surface area contributed by atoms with Gasteiger partial charge in [0, 0.05) is 44.1 Å². The lowest BCUT2D eigenvalue weighted by atomic mass is 9.97. The molecule has 7 nitrogen and oxygen atoms in total. The number of urea groups is 1. The van der Waals surface area contributed by atoms with Crippen LogP contribution in [0, 0.1) is 5.92 Å². The van der Waals surface area contributed by atoms with E-state index in [1.807, 2.05) is 9.80 Å². The molecule has 1 aromatic rings. The van der Waals surface area contributed by atoms with Gasteiger partial charge in [-0.2, -0.15) is 0 Å². The Labute approximate surface area is 163 Å². The van der Waals surface area contributed by atoms with Crippen molar-refractivity contribution >= 4 is 29.2 Å². The van der Waals surface area contributed by atoms with E-state index in [9.17, 15) is 14.4 Å². The molecular weight excluding hydrogens is 364 g/mol. The van der Waals surface area contributed by atoms with Crippen LogP contribution in [-0.2, 0) is 22.6 Å². The molecule has 0 bridgehead atoms. The first-order valence-corrected chi connectivity index (χ1v) is 10.2. The summed E-state index contributed by atoms with van der Waals surface area (Å²) in [6, 6.07) is 2.12. The van der Waals surface area contributed by atoms with Crippen LogP contribution >= 0.6 is 11.3 Å². The second kappa shape index (κ2) is 9.03. The summed E-state index contributed by atoms with van der Waals surface area (Å²) in [6.07, 6.45) is 3.72. The summed E-state index contributed by atoms with van der Waals surface area (Å²) < 4.78 is 0. The van der Waals surface area contributed by atoms with Crippen LogP contribution in [0.2, 0.25) is 0 Å². The Hall–Kier alpha value is -2.35. The summed E-state index contributed by atoms with van der Waals surface area (Å²) in [5.41, 5.74) is 1.24. The summed E-state index contributed by atoms with van der Waals surface area (Å²) in [5.74, 6) is -0.507. The zero-order chi connectivity index (χ0) is 19.2. The lowest BCUT2D eigenvalue weighted by Gasteiger charge is -2.37. The molecule has 0 aliphatic carbocycles. The molecule has 2 aliphatic heterocycles. The number of piperidine rings is 1. The maximum Gasteiger partial charge on any atom is 0.320 e. The van der Waals surface area contributed by atoms with Crippen molar-refractivity contribution in [2.75, 3.05) is 32.7 Å². The quantitative estimate of drug-likeness (QED) is 0.588. The van der Waals surface area contributed by atoms with Gasteiger partial charge in [-0.15, -0.1) is 11.3 Å². The molecule has 0 saturated carbocycles. The summed E-state index contributed by atoms with van der Waals surface area (Å²) in [5, 5.41) is 7.55. The van der Waals surface area contributed by atoms with E-state index >= 15 is 0 Å². The fraction of sp³-hybridized carbons (Fsp3) is 0.526. The Morgan fingerprint density at radius 3 is 2.85 bits per heavy atom. The number of fused-ring (bicyclic) bond motifs is 1. The van der Waals surface area contributed by atoms with E-state index in [4.69, 9.17) is 0 Å². The Balaban J connectivity index is 1.47. The van der Waals surface area contributed by atoms with E-state index in [0.717, 1.165) is 25.8 Å². The van der Waals surface area contributed by atoms with Crippen LogP contribution in [0.25, 0.3) is 0 Å². The summed E-state index contributed by atoms with van der Waals surface area (Å²) in [6.45, 7) is 6.67. The molecule has 4 amide bonds. The molecule has 1 aromatic heterocycles. The highest BCUT2D eigenvalue weighted by atomic mass is 32.1. The van der Waals surface area contributed by atoms with Crippen LogP contribution in [0.1, 0.15) is 23.3 Å². The van der Waals surface area contributed by atoms with Gasteiger partial charge in [-0.25, -0.2) is 4.79 Å². The van der Waals surface area contributed by atoms with Crippen molar-refractivity contribution in [3.63, 3.8) is 0 Å². The number of hydrogen-bond acceptors (Lipinski definition) is 4. The minimum atomic E-state index is -0.256. The third kappa shape index (κ3) is 4.88. The van der Waals surface area contributed by atoms with Crippen molar-refractivity contribution in [1.82, 2.24) is 20.4 Å². The number of nitrogens with zero attached hydrogens (tertiary/aromatic N) is 2. The Morgan fingerprint density at radius 1 is 1.22 bits per heavy atom. The minimum Gasteiger partial charge on any atom is -0.354 e.